The Balaban J connectivity index is 1.90. The number of rotatable bonds is 5. The van der Waals surface area contributed by atoms with Gasteiger partial charge in [0.15, 0.2) is 10.6 Å². The number of alkyl halides is 2. The van der Waals surface area contributed by atoms with Gasteiger partial charge in [0.1, 0.15) is 11.6 Å². The van der Waals surface area contributed by atoms with Crippen molar-refractivity contribution in [2.24, 2.45) is 0 Å². The highest BCUT2D eigenvalue weighted by molar-refractivity contribution is 6.53. The summed E-state index contributed by atoms with van der Waals surface area (Å²) in [6.45, 7) is -0.357. The van der Waals surface area contributed by atoms with Gasteiger partial charge in [0, 0.05) is 24.2 Å². The lowest BCUT2D eigenvalue weighted by Gasteiger charge is -2.30. The van der Waals surface area contributed by atoms with Gasteiger partial charge in [0.25, 0.3) is 5.91 Å². The quantitative estimate of drug-likeness (QED) is 0.525. The number of ketones is 1. The molecule has 1 fully saturated rings. The molecule has 2 aromatic carbocycles. The van der Waals surface area contributed by atoms with Crippen LogP contribution in [-0.2, 0) is 14.4 Å². The van der Waals surface area contributed by atoms with Crippen LogP contribution in [0.4, 0.5) is 8.78 Å². The second-order valence-corrected chi connectivity index (χ2v) is 8.14. The molecule has 1 saturated heterocycles. The molecule has 0 unspecified atom stereocenters. The fraction of sp³-hybridized carbons (Fsp3) is 0.174. The number of carbonyl (C=O) groups is 3. The van der Waals surface area contributed by atoms with Crippen LogP contribution in [-0.4, -0.2) is 47.0 Å². The lowest BCUT2D eigenvalue weighted by Crippen LogP contribution is -2.46. The number of carbonyl (C=O) groups excluding carboxylic acids is 3. The smallest absolute Gasteiger partial charge is 0.253 e. The second-order valence-electron chi connectivity index (χ2n) is 7.04. The van der Waals surface area contributed by atoms with E-state index in [-0.39, 0.29) is 25.4 Å². The normalized spacial score (nSPS) is 16.7. The predicted molar refractivity (Wildman–Crippen MR) is 119 cm³/mol. The number of halogens is 4. The lowest BCUT2D eigenvalue weighted by atomic mass is 9.94. The Bertz CT molecular complexity index is 1010. The van der Waals surface area contributed by atoms with Gasteiger partial charge in [-0.1, -0.05) is 47.5 Å². The summed E-state index contributed by atoms with van der Waals surface area (Å²) < 4.78 is 26.4. The van der Waals surface area contributed by atoms with E-state index < -0.39 is 28.3 Å². The Kier molecular flexibility index (Phi) is 7.77. The number of hydrogen-bond donors (Lipinski definition) is 1. The minimum atomic E-state index is -1.31. The number of likely N-dealkylation sites (tertiary alicyclic amines) is 1. The second kappa shape index (κ2) is 10.5. The van der Waals surface area contributed by atoms with Crippen molar-refractivity contribution in [2.75, 3.05) is 19.6 Å². The topological polar surface area (TPSA) is 66.5 Å². The van der Waals surface area contributed by atoms with E-state index in [1.165, 1.54) is 53.4 Å². The average Bonchev–Trinajstić information content (AvgIpc) is 2.77. The van der Waals surface area contributed by atoms with Crippen molar-refractivity contribution in [1.82, 2.24) is 10.2 Å². The molecule has 0 spiro atoms. The Hall–Kier alpha value is -3.03. The van der Waals surface area contributed by atoms with Crippen LogP contribution in [0, 0.1) is 11.6 Å². The summed E-state index contributed by atoms with van der Waals surface area (Å²) in [7, 11) is 0. The van der Waals surface area contributed by atoms with E-state index >= 15 is 0 Å². The van der Waals surface area contributed by atoms with Crippen LogP contribution in [0.5, 0.6) is 0 Å². The Morgan fingerprint density at radius 1 is 0.906 bits per heavy atom. The van der Waals surface area contributed by atoms with Gasteiger partial charge in [-0.3, -0.25) is 14.4 Å². The molecule has 0 aromatic heterocycles. The summed E-state index contributed by atoms with van der Waals surface area (Å²) in [6, 6.07) is 11.1. The largest absolute Gasteiger partial charge is 0.345 e. The van der Waals surface area contributed by atoms with E-state index in [0.29, 0.717) is 22.3 Å². The Morgan fingerprint density at radius 3 is 1.75 bits per heavy atom. The van der Waals surface area contributed by atoms with Gasteiger partial charge in [-0.05, 0) is 47.5 Å². The molecule has 0 aliphatic carbocycles. The molecule has 9 heteroatoms. The van der Waals surface area contributed by atoms with E-state index in [1.54, 1.807) is 12.2 Å². The molecule has 0 saturated carbocycles. The van der Waals surface area contributed by atoms with Gasteiger partial charge in [0.05, 0.1) is 6.54 Å². The molecule has 1 N–H and O–H groups in total. The zero-order chi connectivity index (χ0) is 23.3. The molecule has 5 nitrogen and oxygen atoms in total. The van der Waals surface area contributed by atoms with E-state index in [0.717, 1.165) is 0 Å². The number of benzene rings is 2. The van der Waals surface area contributed by atoms with Gasteiger partial charge in [-0.15, -0.1) is 0 Å². The summed E-state index contributed by atoms with van der Waals surface area (Å²) in [4.78, 5) is 37.4. The third-order valence-corrected chi connectivity index (χ3v) is 5.09. The van der Waals surface area contributed by atoms with Crippen molar-refractivity contribution < 1.29 is 23.2 Å². The molecule has 0 bridgehead atoms. The zero-order valence-corrected chi connectivity index (χ0v) is 18.2. The predicted octanol–water partition coefficient (Wildman–Crippen LogP) is 3.76. The highest BCUT2D eigenvalue weighted by atomic mass is 35.5. The highest BCUT2D eigenvalue weighted by Crippen LogP contribution is 2.22. The van der Waals surface area contributed by atoms with Gasteiger partial charge in [-0.2, -0.15) is 0 Å². The molecular weight excluding hydrogens is 461 g/mol. The molecule has 1 heterocycles. The minimum absolute atomic E-state index is 0.00313. The van der Waals surface area contributed by atoms with Crippen molar-refractivity contribution in [3.05, 3.63) is 82.4 Å². The monoisotopic (exact) mass is 478 g/mol. The van der Waals surface area contributed by atoms with Crippen LogP contribution < -0.4 is 5.32 Å². The first kappa shape index (κ1) is 23.6. The van der Waals surface area contributed by atoms with Gasteiger partial charge >= 0.3 is 0 Å². The van der Waals surface area contributed by atoms with Crippen LogP contribution in [0.1, 0.15) is 11.1 Å². The van der Waals surface area contributed by atoms with E-state index in [9.17, 15) is 23.2 Å². The Morgan fingerprint density at radius 2 is 1.34 bits per heavy atom. The molecule has 0 radical (unpaired) electrons. The van der Waals surface area contributed by atoms with Crippen molar-refractivity contribution in [1.29, 1.82) is 0 Å². The Labute approximate surface area is 193 Å². The van der Waals surface area contributed by atoms with E-state index in [1.807, 2.05) is 0 Å². The van der Waals surface area contributed by atoms with Gasteiger partial charge in [0.2, 0.25) is 5.91 Å². The summed E-state index contributed by atoms with van der Waals surface area (Å²) in [5, 5.41) is 2.33. The first-order chi connectivity index (χ1) is 15.2. The SMILES string of the molecule is O=C1/C(=C/c2ccc(F)cc2)CN(C(=O)CNC(=O)C(Cl)Cl)C/C1=C\c1ccc(F)cc1. The maximum Gasteiger partial charge on any atom is 0.253 e. The third-order valence-electron chi connectivity index (χ3n) is 4.69. The fourth-order valence-corrected chi connectivity index (χ4v) is 3.24. The molecule has 0 atom stereocenters. The summed E-state index contributed by atoms with van der Waals surface area (Å²) >= 11 is 11.0. The molecule has 1 aliphatic rings. The number of hydrogen-bond acceptors (Lipinski definition) is 3. The van der Waals surface area contributed by atoms with Crippen molar-refractivity contribution >= 4 is 53.0 Å². The number of amides is 2. The van der Waals surface area contributed by atoms with Crippen LogP contribution in [0.15, 0.2) is 59.7 Å². The molecule has 2 amide bonds. The van der Waals surface area contributed by atoms with E-state index in [4.69, 9.17) is 23.2 Å². The standard InChI is InChI=1S/C23H18Cl2F2N2O3/c24-22(25)23(32)28-11-20(30)29-12-16(9-14-1-5-18(26)6-2-14)21(31)17(13-29)10-15-3-7-19(27)8-4-15/h1-10,22H,11-13H2,(H,28,32)/b16-9+,17-10+. The number of nitrogens with one attached hydrogen (secondary N) is 1. The number of piperidine rings is 1. The average molecular weight is 479 g/mol. The molecule has 2 aromatic rings. The minimum Gasteiger partial charge on any atom is -0.345 e. The third kappa shape index (κ3) is 6.24. The lowest BCUT2D eigenvalue weighted by molar-refractivity contribution is -0.132. The number of Topliss-reactive ketones (excluding diaryl/α,β-unsaturated/α-hetero) is 1. The maximum atomic E-state index is 13.2. The summed E-state index contributed by atoms with van der Waals surface area (Å²) in [5.41, 5.74) is 1.79. The molecular formula is C23H18Cl2F2N2O3. The van der Waals surface area contributed by atoms with Crippen molar-refractivity contribution in [2.45, 2.75) is 4.84 Å². The van der Waals surface area contributed by atoms with Gasteiger partial charge < -0.3 is 10.2 Å². The molecule has 3 rings (SSSR count). The fourth-order valence-electron chi connectivity index (χ4n) is 3.09. The number of nitrogens with zero attached hydrogens (tertiary/aromatic N) is 1. The highest BCUT2D eigenvalue weighted by Gasteiger charge is 2.29. The zero-order valence-electron chi connectivity index (χ0n) is 16.7. The van der Waals surface area contributed by atoms with Crippen LogP contribution in [0.2, 0.25) is 0 Å². The summed E-state index contributed by atoms with van der Waals surface area (Å²) in [5.74, 6) is -2.27. The molecule has 1 aliphatic heterocycles. The molecule has 166 valence electrons. The van der Waals surface area contributed by atoms with Gasteiger partial charge in [-0.25, -0.2) is 8.78 Å². The summed E-state index contributed by atoms with van der Waals surface area (Å²) in [6.07, 6.45) is 3.15. The van der Waals surface area contributed by atoms with Crippen LogP contribution >= 0.6 is 23.2 Å². The first-order valence-corrected chi connectivity index (χ1v) is 10.4. The van der Waals surface area contributed by atoms with Crippen molar-refractivity contribution in [3.63, 3.8) is 0 Å². The maximum absolute atomic E-state index is 13.2. The van der Waals surface area contributed by atoms with Crippen LogP contribution in [0.3, 0.4) is 0 Å². The van der Waals surface area contributed by atoms with E-state index in [2.05, 4.69) is 5.32 Å². The molecule has 32 heavy (non-hydrogen) atoms. The first-order valence-electron chi connectivity index (χ1n) is 9.53. The van der Waals surface area contributed by atoms with Crippen molar-refractivity contribution in [3.8, 4) is 0 Å². The van der Waals surface area contributed by atoms with Crippen LogP contribution in [0.25, 0.3) is 12.2 Å².